The molecule has 0 aliphatic carbocycles. The number of ether oxygens (including phenoxy) is 2. The Morgan fingerprint density at radius 1 is 1.17 bits per heavy atom. The van der Waals surface area contributed by atoms with Crippen LogP contribution in [0.15, 0.2) is 29.4 Å². The summed E-state index contributed by atoms with van der Waals surface area (Å²) in [7, 11) is 1.38. The van der Waals surface area contributed by atoms with Gasteiger partial charge in [-0.05, 0) is 38.1 Å². The molecule has 0 bridgehead atoms. The van der Waals surface area contributed by atoms with Crippen LogP contribution in [0.2, 0.25) is 0 Å². The number of nitrogens with zero attached hydrogens (tertiary/aromatic N) is 1. The van der Waals surface area contributed by atoms with Crippen LogP contribution >= 0.6 is 0 Å². The van der Waals surface area contributed by atoms with Crippen molar-refractivity contribution in [2.45, 2.75) is 13.8 Å². The molecule has 0 atom stereocenters. The van der Waals surface area contributed by atoms with Crippen molar-refractivity contribution in [3.05, 3.63) is 29.8 Å². The van der Waals surface area contributed by atoms with E-state index in [0.29, 0.717) is 18.8 Å². The fourth-order valence-electron chi connectivity index (χ4n) is 1.37. The van der Waals surface area contributed by atoms with Gasteiger partial charge in [0, 0.05) is 5.56 Å². The van der Waals surface area contributed by atoms with Gasteiger partial charge in [-0.25, -0.2) is 4.79 Å². The zero-order chi connectivity index (χ0) is 13.4. The van der Waals surface area contributed by atoms with E-state index in [1.807, 2.05) is 6.92 Å². The highest BCUT2D eigenvalue weighted by molar-refractivity contribution is 6.43. The molecule has 1 rings (SSSR count). The summed E-state index contributed by atoms with van der Waals surface area (Å²) >= 11 is 0. The molecule has 0 radical (unpaired) electrons. The summed E-state index contributed by atoms with van der Waals surface area (Å²) in [6.45, 7) is 4.53. The molecule has 0 saturated heterocycles. The van der Waals surface area contributed by atoms with Crippen LogP contribution in [0, 0.1) is 0 Å². The minimum atomic E-state index is -0.511. The Bertz CT molecular complexity index is 412. The highest BCUT2D eigenvalue weighted by Gasteiger charge is 2.16. The molecule has 18 heavy (non-hydrogen) atoms. The van der Waals surface area contributed by atoms with Gasteiger partial charge in [-0.15, -0.1) is 0 Å². The van der Waals surface area contributed by atoms with E-state index in [9.17, 15) is 4.79 Å². The average Bonchev–Trinajstić information content (AvgIpc) is 2.38. The van der Waals surface area contributed by atoms with Crippen LogP contribution in [-0.2, 0) is 14.4 Å². The molecule has 0 amide bonds. The Balaban J connectivity index is 2.93. The molecule has 5 heteroatoms. The third-order valence-corrected chi connectivity index (χ3v) is 2.09. The standard InChI is InChI=1S/C13H17NO4/c1-4-17-11-8-6-10(7-9-11)12(14-16-3)13(15)18-5-2/h6-9H,4-5H2,1-3H3. The lowest BCUT2D eigenvalue weighted by Crippen LogP contribution is -2.19. The summed E-state index contributed by atoms with van der Waals surface area (Å²) in [6, 6.07) is 7.01. The Kier molecular flexibility index (Phi) is 5.70. The minimum Gasteiger partial charge on any atom is -0.494 e. The second kappa shape index (κ2) is 7.32. The molecule has 0 heterocycles. The smallest absolute Gasteiger partial charge is 0.361 e. The summed E-state index contributed by atoms with van der Waals surface area (Å²) in [5.74, 6) is 0.227. The molecule has 0 aliphatic heterocycles. The summed E-state index contributed by atoms with van der Waals surface area (Å²) in [4.78, 5) is 16.3. The van der Waals surface area contributed by atoms with Gasteiger partial charge in [-0.3, -0.25) is 0 Å². The fourth-order valence-corrected chi connectivity index (χ4v) is 1.37. The normalized spacial score (nSPS) is 10.9. The predicted molar refractivity (Wildman–Crippen MR) is 67.8 cm³/mol. The molecule has 1 aromatic rings. The Labute approximate surface area is 106 Å². The van der Waals surface area contributed by atoms with Crippen molar-refractivity contribution in [1.29, 1.82) is 0 Å². The minimum absolute atomic E-state index is 0.141. The van der Waals surface area contributed by atoms with Crippen LogP contribution in [-0.4, -0.2) is 32.0 Å². The molecular formula is C13H17NO4. The van der Waals surface area contributed by atoms with Crippen molar-refractivity contribution in [3.8, 4) is 5.75 Å². The van der Waals surface area contributed by atoms with Gasteiger partial charge in [-0.2, -0.15) is 0 Å². The van der Waals surface area contributed by atoms with Crippen molar-refractivity contribution in [2.24, 2.45) is 5.16 Å². The summed E-state index contributed by atoms with van der Waals surface area (Å²) in [5, 5.41) is 3.69. The SMILES string of the molecule is CCOC(=O)C(=NOC)c1ccc(OCC)cc1. The van der Waals surface area contributed by atoms with Gasteiger partial charge < -0.3 is 14.3 Å². The first-order valence-electron chi connectivity index (χ1n) is 5.74. The highest BCUT2D eigenvalue weighted by Crippen LogP contribution is 2.13. The highest BCUT2D eigenvalue weighted by atomic mass is 16.6. The number of benzene rings is 1. The molecule has 98 valence electrons. The van der Waals surface area contributed by atoms with E-state index >= 15 is 0 Å². The average molecular weight is 251 g/mol. The van der Waals surface area contributed by atoms with Crippen LogP contribution in [0.5, 0.6) is 5.75 Å². The maximum Gasteiger partial charge on any atom is 0.361 e. The molecule has 0 saturated carbocycles. The summed E-state index contributed by atoms with van der Waals surface area (Å²) in [5.41, 5.74) is 0.765. The number of carbonyl (C=O) groups excluding carboxylic acids is 1. The van der Waals surface area contributed by atoms with Gasteiger partial charge >= 0.3 is 5.97 Å². The number of hydrogen-bond donors (Lipinski definition) is 0. The van der Waals surface area contributed by atoms with Crippen LogP contribution in [0.3, 0.4) is 0 Å². The number of rotatable bonds is 6. The molecule has 0 aliphatic rings. The summed E-state index contributed by atoms with van der Waals surface area (Å²) < 4.78 is 10.2. The van der Waals surface area contributed by atoms with E-state index in [1.165, 1.54) is 7.11 Å². The number of carbonyl (C=O) groups is 1. The van der Waals surface area contributed by atoms with E-state index in [-0.39, 0.29) is 5.71 Å². The van der Waals surface area contributed by atoms with E-state index in [0.717, 1.165) is 5.75 Å². The first kappa shape index (κ1) is 14.0. The third kappa shape index (κ3) is 3.76. The van der Waals surface area contributed by atoms with Crippen LogP contribution in [0.25, 0.3) is 0 Å². The zero-order valence-corrected chi connectivity index (χ0v) is 10.8. The second-order valence-electron chi connectivity index (χ2n) is 3.30. The zero-order valence-electron chi connectivity index (χ0n) is 10.8. The lowest BCUT2D eigenvalue weighted by molar-refractivity contribution is -0.135. The van der Waals surface area contributed by atoms with Crippen LogP contribution < -0.4 is 4.74 Å². The lowest BCUT2D eigenvalue weighted by atomic mass is 10.1. The van der Waals surface area contributed by atoms with E-state index < -0.39 is 5.97 Å². The van der Waals surface area contributed by atoms with Gasteiger partial charge in [0.2, 0.25) is 0 Å². The van der Waals surface area contributed by atoms with Crippen molar-refractivity contribution in [3.63, 3.8) is 0 Å². The van der Waals surface area contributed by atoms with Gasteiger partial charge in [0.15, 0.2) is 5.71 Å². The van der Waals surface area contributed by atoms with Crippen LogP contribution in [0.1, 0.15) is 19.4 Å². The van der Waals surface area contributed by atoms with Crippen molar-refractivity contribution in [2.75, 3.05) is 20.3 Å². The lowest BCUT2D eigenvalue weighted by Gasteiger charge is -2.07. The fraction of sp³-hybridized carbons (Fsp3) is 0.385. The van der Waals surface area contributed by atoms with Crippen molar-refractivity contribution in [1.82, 2.24) is 0 Å². The van der Waals surface area contributed by atoms with Crippen molar-refractivity contribution >= 4 is 11.7 Å². The van der Waals surface area contributed by atoms with Gasteiger partial charge in [0.1, 0.15) is 12.9 Å². The second-order valence-corrected chi connectivity index (χ2v) is 3.30. The van der Waals surface area contributed by atoms with E-state index in [4.69, 9.17) is 9.47 Å². The first-order chi connectivity index (χ1) is 8.72. The molecular weight excluding hydrogens is 234 g/mol. The summed E-state index contributed by atoms with van der Waals surface area (Å²) in [6.07, 6.45) is 0. The van der Waals surface area contributed by atoms with Crippen molar-refractivity contribution < 1.29 is 19.1 Å². The van der Waals surface area contributed by atoms with Gasteiger partial charge in [0.05, 0.1) is 13.2 Å². The maximum absolute atomic E-state index is 11.7. The molecule has 0 unspecified atom stereocenters. The Hall–Kier alpha value is -2.04. The number of oxime groups is 1. The molecule has 1 aromatic carbocycles. The van der Waals surface area contributed by atoms with Gasteiger partial charge in [-0.1, -0.05) is 5.16 Å². The Morgan fingerprint density at radius 2 is 1.83 bits per heavy atom. The maximum atomic E-state index is 11.7. The largest absolute Gasteiger partial charge is 0.494 e. The quantitative estimate of drug-likeness (QED) is 0.441. The molecule has 0 N–H and O–H groups in total. The third-order valence-electron chi connectivity index (χ3n) is 2.09. The molecule has 0 aromatic heterocycles. The predicted octanol–water partition coefficient (Wildman–Crippen LogP) is 2.00. The van der Waals surface area contributed by atoms with E-state index in [1.54, 1.807) is 31.2 Å². The topological polar surface area (TPSA) is 57.1 Å². The molecule has 0 fully saturated rings. The van der Waals surface area contributed by atoms with E-state index in [2.05, 4.69) is 9.99 Å². The first-order valence-corrected chi connectivity index (χ1v) is 5.74. The van der Waals surface area contributed by atoms with Gasteiger partial charge in [0.25, 0.3) is 0 Å². The monoisotopic (exact) mass is 251 g/mol. The van der Waals surface area contributed by atoms with Crippen LogP contribution in [0.4, 0.5) is 0 Å². The molecule has 0 spiro atoms. The number of hydrogen-bond acceptors (Lipinski definition) is 5. The Morgan fingerprint density at radius 3 is 2.33 bits per heavy atom. The number of esters is 1. The molecule has 5 nitrogen and oxygen atoms in total.